The monoisotopic (exact) mass is 674 g/mol. The fourth-order valence-electron chi connectivity index (χ4n) is 4.75. The van der Waals surface area contributed by atoms with Gasteiger partial charge in [-0.1, -0.05) is 53.5 Å². The maximum absolute atomic E-state index is 12.4. The third kappa shape index (κ3) is 6.68. The summed E-state index contributed by atoms with van der Waals surface area (Å²) in [6, 6.07) is 13.1. The number of aromatic nitrogens is 2. The quantitative estimate of drug-likeness (QED) is 0.198. The van der Waals surface area contributed by atoms with Crippen LogP contribution in [0.3, 0.4) is 0 Å². The van der Waals surface area contributed by atoms with Crippen LogP contribution in [0.25, 0.3) is 16.0 Å². The molecule has 0 aliphatic carbocycles. The van der Waals surface area contributed by atoms with Crippen molar-refractivity contribution in [3.63, 3.8) is 0 Å². The zero-order valence-corrected chi connectivity index (χ0v) is 26.7. The summed E-state index contributed by atoms with van der Waals surface area (Å²) in [4.78, 5) is 31.1. The minimum absolute atomic E-state index is 0.0888. The summed E-state index contributed by atoms with van der Waals surface area (Å²) in [7, 11) is 0. The number of halogens is 2. The molecule has 2 aromatic heterocycles. The SMILES string of the molecule is CC(C)COC(=O)N1CCC(Oc2cccc([C@@H](C)Oc3cc(-n4cnc5ccc(Br)cc54)sc3C(N)=O)c2Cl)CC1. The molecular weight excluding hydrogens is 644 g/mol. The van der Waals surface area contributed by atoms with Crippen molar-refractivity contribution in [1.82, 2.24) is 14.5 Å². The predicted octanol–water partition coefficient (Wildman–Crippen LogP) is 7.38. The van der Waals surface area contributed by atoms with Gasteiger partial charge >= 0.3 is 6.09 Å². The van der Waals surface area contributed by atoms with Crippen LogP contribution in [-0.4, -0.2) is 52.3 Å². The van der Waals surface area contributed by atoms with Crippen LogP contribution in [0.1, 0.15) is 55.0 Å². The van der Waals surface area contributed by atoms with Crippen molar-refractivity contribution >= 4 is 61.9 Å². The molecule has 4 aromatic rings. The van der Waals surface area contributed by atoms with Gasteiger partial charge in [-0.15, -0.1) is 11.3 Å². The van der Waals surface area contributed by atoms with Crippen LogP contribution in [0, 0.1) is 5.92 Å². The van der Waals surface area contributed by atoms with Gasteiger partial charge in [0.05, 0.1) is 22.7 Å². The second kappa shape index (κ2) is 12.9. The van der Waals surface area contributed by atoms with Crippen LogP contribution >= 0.6 is 38.9 Å². The number of primary amides is 1. The summed E-state index contributed by atoms with van der Waals surface area (Å²) in [6.45, 7) is 7.39. The molecule has 1 fully saturated rings. The second-order valence-electron chi connectivity index (χ2n) is 10.6. The molecule has 9 nitrogen and oxygen atoms in total. The molecule has 42 heavy (non-hydrogen) atoms. The molecule has 0 saturated carbocycles. The topological polar surface area (TPSA) is 109 Å². The molecule has 1 aliphatic rings. The van der Waals surface area contributed by atoms with E-state index in [2.05, 4.69) is 20.9 Å². The summed E-state index contributed by atoms with van der Waals surface area (Å²) >= 11 is 11.6. The molecule has 2 aromatic carbocycles. The first kappa shape index (κ1) is 30.2. The number of nitrogens with two attached hydrogens (primary N) is 1. The Morgan fingerprint density at radius 3 is 2.62 bits per heavy atom. The molecule has 2 N–H and O–H groups in total. The number of thiophene rings is 1. The Morgan fingerprint density at radius 1 is 1.14 bits per heavy atom. The highest BCUT2D eigenvalue weighted by atomic mass is 79.9. The first-order chi connectivity index (χ1) is 20.1. The Kier molecular flexibility index (Phi) is 9.29. The van der Waals surface area contributed by atoms with E-state index in [0.29, 0.717) is 65.4 Å². The fourth-order valence-corrected chi connectivity index (χ4v) is 6.35. The molecule has 1 saturated heterocycles. The summed E-state index contributed by atoms with van der Waals surface area (Å²) in [5, 5.41) is 1.18. The number of nitrogens with zero attached hydrogens (tertiary/aromatic N) is 3. The minimum Gasteiger partial charge on any atom is -0.489 e. The largest absolute Gasteiger partial charge is 0.489 e. The first-order valence-corrected chi connectivity index (χ1v) is 15.7. The van der Waals surface area contributed by atoms with Crippen LogP contribution in [0.5, 0.6) is 11.5 Å². The van der Waals surface area contributed by atoms with E-state index in [1.54, 1.807) is 17.3 Å². The van der Waals surface area contributed by atoms with Gasteiger partial charge in [-0.3, -0.25) is 9.36 Å². The lowest BCUT2D eigenvalue weighted by atomic mass is 10.1. The zero-order chi connectivity index (χ0) is 30.0. The molecule has 0 radical (unpaired) electrons. The van der Waals surface area contributed by atoms with E-state index >= 15 is 0 Å². The van der Waals surface area contributed by atoms with E-state index in [4.69, 9.17) is 31.5 Å². The number of imidazole rings is 1. The Balaban J connectivity index is 1.29. The van der Waals surface area contributed by atoms with E-state index in [-0.39, 0.29) is 12.2 Å². The highest BCUT2D eigenvalue weighted by molar-refractivity contribution is 9.10. The van der Waals surface area contributed by atoms with Crippen molar-refractivity contribution < 1.29 is 23.8 Å². The molecule has 2 amide bonds. The minimum atomic E-state index is -0.582. The molecule has 222 valence electrons. The highest BCUT2D eigenvalue weighted by Crippen LogP contribution is 2.39. The number of fused-ring (bicyclic) bond motifs is 1. The fraction of sp³-hybridized carbons (Fsp3) is 0.367. The Bertz CT molecular complexity index is 1600. The normalized spacial score (nSPS) is 14.8. The smallest absolute Gasteiger partial charge is 0.409 e. The van der Waals surface area contributed by atoms with E-state index < -0.39 is 12.0 Å². The summed E-state index contributed by atoms with van der Waals surface area (Å²) < 4.78 is 20.7. The number of hydrogen-bond donors (Lipinski definition) is 1. The lowest BCUT2D eigenvalue weighted by Gasteiger charge is -2.32. The zero-order valence-electron chi connectivity index (χ0n) is 23.5. The molecule has 1 aliphatic heterocycles. The number of carbonyl (C=O) groups excluding carboxylic acids is 2. The van der Waals surface area contributed by atoms with Crippen molar-refractivity contribution in [3.8, 4) is 16.5 Å². The van der Waals surface area contributed by atoms with Gasteiger partial charge in [0.15, 0.2) is 0 Å². The number of ether oxygens (including phenoxy) is 3. The maximum Gasteiger partial charge on any atom is 0.409 e. The number of hydrogen-bond acceptors (Lipinski definition) is 7. The highest BCUT2D eigenvalue weighted by Gasteiger charge is 2.27. The Labute approximate surface area is 261 Å². The number of amides is 2. The van der Waals surface area contributed by atoms with E-state index in [9.17, 15) is 9.59 Å². The molecule has 3 heterocycles. The predicted molar refractivity (Wildman–Crippen MR) is 167 cm³/mol. The van der Waals surface area contributed by atoms with Gasteiger partial charge in [-0.2, -0.15) is 0 Å². The second-order valence-corrected chi connectivity index (χ2v) is 12.9. The van der Waals surface area contributed by atoms with Gasteiger partial charge in [0.2, 0.25) is 0 Å². The third-order valence-corrected chi connectivity index (χ3v) is 8.95. The lowest BCUT2D eigenvalue weighted by Crippen LogP contribution is -2.42. The lowest BCUT2D eigenvalue weighted by molar-refractivity contribution is 0.0617. The van der Waals surface area contributed by atoms with Crippen LogP contribution in [0.2, 0.25) is 5.02 Å². The maximum atomic E-state index is 12.4. The van der Waals surface area contributed by atoms with Gasteiger partial charge in [-0.25, -0.2) is 9.78 Å². The van der Waals surface area contributed by atoms with E-state index in [1.165, 1.54) is 11.3 Å². The molecule has 0 spiro atoms. The van der Waals surface area contributed by atoms with Crippen molar-refractivity contribution in [2.24, 2.45) is 11.7 Å². The number of benzene rings is 2. The van der Waals surface area contributed by atoms with E-state index in [0.717, 1.165) is 20.5 Å². The van der Waals surface area contributed by atoms with Crippen LogP contribution in [-0.2, 0) is 4.74 Å². The van der Waals surface area contributed by atoms with Gasteiger partial charge < -0.3 is 24.8 Å². The van der Waals surface area contributed by atoms with Gasteiger partial charge in [-0.05, 0) is 37.1 Å². The van der Waals surface area contributed by atoms with Gasteiger partial charge in [0.25, 0.3) is 5.91 Å². The first-order valence-electron chi connectivity index (χ1n) is 13.7. The van der Waals surface area contributed by atoms with Gasteiger partial charge in [0, 0.05) is 42.0 Å². The van der Waals surface area contributed by atoms with Crippen molar-refractivity contribution in [2.45, 2.75) is 45.8 Å². The number of rotatable bonds is 9. The average Bonchev–Trinajstić information content (AvgIpc) is 3.57. The van der Waals surface area contributed by atoms with Crippen molar-refractivity contribution in [3.05, 3.63) is 68.7 Å². The summed E-state index contributed by atoms with van der Waals surface area (Å²) in [6.07, 6.45) is 2.17. The van der Waals surface area contributed by atoms with Crippen LogP contribution in [0.15, 0.2) is 53.3 Å². The molecule has 0 unspecified atom stereocenters. The Hall–Kier alpha value is -3.28. The molecule has 1 atom stereocenters. The summed E-state index contributed by atoms with van der Waals surface area (Å²) in [5.74, 6) is 0.620. The third-order valence-electron chi connectivity index (χ3n) is 6.92. The van der Waals surface area contributed by atoms with E-state index in [1.807, 2.05) is 61.7 Å². The van der Waals surface area contributed by atoms with Gasteiger partial charge in [0.1, 0.15) is 39.9 Å². The summed E-state index contributed by atoms with van der Waals surface area (Å²) in [5.41, 5.74) is 8.15. The molecule has 0 bridgehead atoms. The van der Waals surface area contributed by atoms with Crippen molar-refractivity contribution in [2.75, 3.05) is 19.7 Å². The van der Waals surface area contributed by atoms with Crippen LogP contribution < -0.4 is 15.2 Å². The number of piperidine rings is 1. The molecule has 5 rings (SSSR count). The number of carbonyl (C=O) groups is 2. The molecular formula is C30H32BrClN4O5S. The number of likely N-dealkylation sites (tertiary alicyclic amines) is 1. The van der Waals surface area contributed by atoms with Crippen LogP contribution in [0.4, 0.5) is 4.79 Å². The average molecular weight is 676 g/mol. The molecule has 12 heteroatoms. The Morgan fingerprint density at radius 2 is 1.90 bits per heavy atom. The van der Waals surface area contributed by atoms with Crippen molar-refractivity contribution in [1.29, 1.82) is 0 Å². The standard InChI is InChI=1S/C30H32BrClN4O5S/c1-17(2)15-39-30(38)35-11-9-20(10-12-35)41-24-6-4-5-21(27(24)32)18(3)40-25-14-26(42-28(25)29(33)37)36-16-34-22-8-7-19(31)13-23(22)36/h4-8,13-14,16-18,20H,9-12,15H2,1-3H3,(H2,33,37)/t18-/m1/s1.